The summed E-state index contributed by atoms with van der Waals surface area (Å²) in [4.78, 5) is 16.4. The predicted molar refractivity (Wildman–Crippen MR) is 114 cm³/mol. The van der Waals surface area contributed by atoms with Crippen molar-refractivity contribution in [2.24, 2.45) is 0 Å². The van der Waals surface area contributed by atoms with E-state index in [2.05, 4.69) is 10.1 Å². The summed E-state index contributed by atoms with van der Waals surface area (Å²) in [6.07, 6.45) is 3.42. The van der Waals surface area contributed by atoms with Gasteiger partial charge in [-0.05, 0) is 25.1 Å². The van der Waals surface area contributed by atoms with Crippen LogP contribution in [0.25, 0.3) is 11.1 Å². The molecule has 0 aliphatic carbocycles. The SMILES string of the molecule is CC(Oc1cc(-c2cnn(C3CN(C(=O)O)C3)c2)cnc1N)c1c(Cl)ccc(F)c1Cl. The van der Waals surface area contributed by atoms with Crippen LogP contribution in [0.5, 0.6) is 5.75 Å². The number of halogens is 3. The number of pyridine rings is 1. The van der Waals surface area contributed by atoms with Crippen LogP contribution in [0, 0.1) is 5.82 Å². The zero-order chi connectivity index (χ0) is 22.3. The Hall–Kier alpha value is -3.04. The number of nitrogen functional groups attached to an aromatic ring is 1. The number of hydrogen-bond acceptors (Lipinski definition) is 5. The molecule has 1 amide bonds. The van der Waals surface area contributed by atoms with Crippen molar-refractivity contribution in [3.05, 3.63) is 58.2 Å². The molecule has 2 aromatic heterocycles. The third-order valence-corrected chi connectivity index (χ3v) is 5.83. The Morgan fingerprint density at radius 1 is 1.32 bits per heavy atom. The minimum atomic E-state index is -0.944. The summed E-state index contributed by atoms with van der Waals surface area (Å²) >= 11 is 12.3. The molecule has 1 fully saturated rings. The summed E-state index contributed by atoms with van der Waals surface area (Å²) in [6, 6.07) is 4.29. The number of likely N-dealkylation sites (tertiary alicyclic amines) is 1. The van der Waals surface area contributed by atoms with E-state index in [9.17, 15) is 9.18 Å². The maximum absolute atomic E-state index is 13.9. The Balaban J connectivity index is 1.55. The third kappa shape index (κ3) is 4.11. The number of hydrogen-bond donors (Lipinski definition) is 2. The van der Waals surface area contributed by atoms with Gasteiger partial charge in [-0.3, -0.25) is 4.68 Å². The first-order chi connectivity index (χ1) is 14.7. The van der Waals surface area contributed by atoms with E-state index in [1.54, 1.807) is 30.1 Å². The topological polar surface area (TPSA) is 106 Å². The van der Waals surface area contributed by atoms with E-state index in [0.717, 1.165) is 5.56 Å². The molecular weight excluding hydrogens is 448 g/mol. The van der Waals surface area contributed by atoms with Crippen LogP contribution in [0.4, 0.5) is 15.0 Å². The van der Waals surface area contributed by atoms with Gasteiger partial charge in [-0.25, -0.2) is 14.2 Å². The van der Waals surface area contributed by atoms with Gasteiger partial charge in [0.05, 0.1) is 17.3 Å². The number of carboxylic acid groups (broad SMARTS) is 1. The maximum Gasteiger partial charge on any atom is 0.407 e. The molecule has 31 heavy (non-hydrogen) atoms. The van der Waals surface area contributed by atoms with Crippen molar-refractivity contribution in [3.8, 4) is 16.9 Å². The molecule has 1 aliphatic rings. The second-order valence-corrected chi connectivity index (χ2v) is 7.96. The first-order valence-electron chi connectivity index (χ1n) is 9.32. The van der Waals surface area contributed by atoms with Crippen LogP contribution < -0.4 is 10.5 Å². The minimum Gasteiger partial charge on any atom is -0.482 e. The van der Waals surface area contributed by atoms with Gasteiger partial charge in [0.1, 0.15) is 11.9 Å². The van der Waals surface area contributed by atoms with Crippen LogP contribution >= 0.6 is 23.2 Å². The minimum absolute atomic E-state index is 0.0143. The number of nitrogens with two attached hydrogens (primary N) is 1. The fraction of sp³-hybridized carbons (Fsp3) is 0.250. The first-order valence-corrected chi connectivity index (χ1v) is 10.1. The highest BCUT2D eigenvalue weighted by Crippen LogP contribution is 2.37. The van der Waals surface area contributed by atoms with Crippen molar-refractivity contribution < 1.29 is 19.0 Å². The molecule has 162 valence electrons. The summed E-state index contributed by atoms with van der Waals surface area (Å²) < 4.78 is 21.5. The van der Waals surface area contributed by atoms with Crippen LogP contribution in [0.3, 0.4) is 0 Å². The molecular formula is C20H18Cl2FN5O3. The largest absolute Gasteiger partial charge is 0.482 e. The van der Waals surface area contributed by atoms with Gasteiger partial charge >= 0.3 is 6.09 Å². The summed E-state index contributed by atoms with van der Waals surface area (Å²) in [6.45, 7) is 2.45. The molecule has 0 spiro atoms. The number of ether oxygens (including phenoxy) is 1. The fourth-order valence-corrected chi connectivity index (χ4v) is 4.02. The van der Waals surface area contributed by atoms with Crippen LogP contribution in [0.2, 0.25) is 10.0 Å². The maximum atomic E-state index is 13.9. The van der Waals surface area contributed by atoms with Crippen molar-refractivity contribution in [2.75, 3.05) is 18.8 Å². The monoisotopic (exact) mass is 465 g/mol. The van der Waals surface area contributed by atoms with Crippen LogP contribution in [-0.2, 0) is 0 Å². The van der Waals surface area contributed by atoms with E-state index >= 15 is 0 Å². The lowest BCUT2D eigenvalue weighted by molar-refractivity contribution is 0.0812. The Kier molecular flexibility index (Phi) is 5.63. The van der Waals surface area contributed by atoms with Crippen LogP contribution in [-0.4, -0.2) is 44.0 Å². The van der Waals surface area contributed by atoms with Gasteiger partial charge in [0, 0.05) is 47.2 Å². The number of rotatable bonds is 5. The number of aromatic nitrogens is 3. The Labute approximate surface area is 186 Å². The Morgan fingerprint density at radius 3 is 2.77 bits per heavy atom. The average Bonchev–Trinajstić information content (AvgIpc) is 3.15. The summed E-state index contributed by atoms with van der Waals surface area (Å²) in [5.41, 5.74) is 7.75. The molecule has 1 aromatic carbocycles. The fourth-order valence-electron chi connectivity index (χ4n) is 3.34. The van der Waals surface area contributed by atoms with Gasteiger partial charge in [-0.15, -0.1) is 0 Å². The molecule has 1 atom stereocenters. The molecule has 1 aliphatic heterocycles. The quantitative estimate of drug-likeness (QED) is 0.531. The molecule has 0 bridgehead atoms. The number of carbonyl (C=O) groups is 1. The zero-order valence-corrected chi connectivity index (χ0v) is 17.8. The molecule has 1 unspecified atom stereocenters. The molecule has 1 saturated heterocycles. The van der Waals surface area contributed by atoms with E-state index in [4.69, 9.17) is 38.8 Å². The van der Waals surface area contributed by atoms with Gasteiger partial charge in [-0.2, -0.15) is 5.10 Å². The normalized spacial score (nSPS) is 14.9. The molecule has 11 heteroatoms. The molecule has 3 aromatic rings. The standard InChI is InChI=1S/C20H18Cl2FN5O3/c1-10(17-14(21)2-3-15(23)18(17)22)31-16-4-11(5-25-19(16)24)12-6-26-28(7-12)13-8-27(9-13)20(29)30/h2-7,10,13H,8-9H2,1H3,(H2,24,25)(H,29,30). The highest BCUT2D eigenvalue weighted by molar-refractivity contribution is 6.36. The molecule has 0 radical (unpaired) electrons. The van der Waals surface area contributed by atoms with E-state index in [-0.39, 0.29) is 27.7 Å². The summed E-state index contributed by atoms with van der Waals surface area (Å²) in [7, 11) is 0. The van der Waals surface area contributed by atoms with Crippen molar-refractivity contribution >= 4 is 35.1 Å². The van der Waals surface area contributed by atoms with Gasteiger partial charge in [0.15, 0.2) is 11.6 Å². The molecule has 8 nitrogen and oxygen atoms in total. The lowest BCUT2D eigenvalue weighted by Gasteiger charge is -2.36. The van der Waals surface area contributed by atoms with Gasteiger partial charge in [0.25, 0.3) is 0 Å². The van der Waals surface area contributed by atoms with Crippen molar-refractivity contribution in [1.29, 1.82) is 0 Å². The lowest BCUT2D eigenvalue weighted by atomic mass is 10.1. The van der Waals surface area contributed by atoms with Gasteiger partial charge in [0.2, 0.25) is 0 Å². The highest BCUT2D eigenvalue weighted by atomic mass is 35.5. The number of nitrogens with zero attached hydrogens (tertiary/aromatic N) is 4. The lowest BCUT2D eigenvalue weighted by Crippen LogP contribution is -2.50. The molecule has 3 heterocycles. The third-order valence-electron chi connectivity index (χ3n) is 5.11. The van der Waals surface area contributed by atoms with Gasteiger partial charge in [-0.1, -0.05) is 23.2 Å². The van der Waals surface area contributed by atoms with E-state index in [1.807, 2.05) is 6.20 Å². The molecule has 0 saturated carbocycles. The molecule has 3 N–H and O–H groups in total. The average molecular weight is 466 g/mol. The summed E-state index contributed by atoms with van der Waals surface area (Å²) in [5.74, 6) is -0.154. The smallest absolute Gasteiger partial charge is 0.407 e. The highest BCUT2D eigenvalue weighted by Gasteiger charge is 2.32. The van der Waals surface area contributed by atoms with E-state index < -0.39 is 18.0 Å². The van der Waals surface area contributed by atoms with Crippen molar-refractivity contribution in [1.82, 2.24) is 19.7 Å². The Bertz CT molecular complexity index is 1150. The van der Waals surface area contributed by atoms with Crippen LogP contribution in [0.15, 0.2) is 36.8 Å². The second kappa shape index (κ2) is 8.24. The number of benzene rings is 1. The zero-order valence-electron chi connectivity index (χ0n) is 16.3. The summed E-state index contributed by atoms with van der Waals surface area (Å²) in [5, 5.41) is 13.5. The predicted octanol–water partition coefficient (Wildman–Crippen LogP) is 4.65. The van der Waals surface area contributed by atoms with E-state index in [1.165, 1.54) is 17.0 Å². The number of amides is 1. The van der Waals surface area contributed by atoms with Crippen molar-refractivity contribution in [2.45, 2.75) is 19.1 Å². The molecule has 4 rings (SSSR count). The second-order valence-electron chi connectivity index (χ2n) is 7.17. The van der Waals surface area contributed by atoms with Crippen molar-refractivity contribution in [3.63, 3.8) is 0 Å². The first kappa shape index (κ1) is 21.2. The Morgan fingerprint density at radius 2 is 2.06 bits per heavy atom. The van der Waals surface area contributed by atoms with Crippen LogP contribution in [0.1, 0.15) is 24.6 Å². The number of anilines is 1. The van der Waals surface area contributed by atoms with E-state index in [0.29, 0.717) is 24.2 Å². The van der Waals surface area contributed by atoms with Gasteiger partial charge < -0.3 is 20.5 Å².